The molecule has 0 aliphatic heterocycles. The predicted molar refractivity (Wildman–Crippen MR) is 71.6 cm³/mol. The average Bonchev–Trinajstić information content (AvgIpc) is 2.77. The van der Waals surface area contributed by atoms with E-state index >= 15 is 0 Å². The maximum atomic E-state index is 13.5. The number of hydrogen-bond acceptors (Lipinski definition) is 2. The number of nitrogens with one attached hydrogen (secondary N) is 1. The fourth-order valence-electron chi connectivity index (χ4n) is 2.76. The van der Waals surface area contributed by atoms with Crippen LogP contribution in [0.4, 0.5) is 8.78 Å². The van der Waals surface area contributed by atoms with Gasteiger partial charge in [0.25, 0.3) is 0 Å². The minimum Gasteiger partial charge on any atom is -0.481 e. The summed E-state index contributed by atoms with van der Waals surface area (Å²) in [7, 11) is 0. The Labute approximate surface area is 121 Å². The molecule has 1 aliphatic carbocycles. The molecular weight excluding hydrogens is 280 g/mol. The molecular formula is C15H17F2NO3. The molecule has 1 amide bonds. The third-order valence-electron chi connectivity index (χ3n) is 4.18. The van der Waals surface area contributed by atoms with Crippen LogP contribution in [0, 0.1) is 17.0 Å². The number of halogens is 2. The maximum absolute atomic E-state index is 13.5. The van der Waals surface area contributed by atoms with Gasteiger partial charge in [0.05, 0.1) is 11.8 Å². The van der Waals surface area contributed by atoms with Crippen molar-refractivity contribution in [3.63, 3.8) is 0 Å². The van der Waals surface area contributed by atoms with Crippen molar-refractivity contribution in [3.05, 3.63) is 35.4 Å². The molecule has 0 saturated heterocycles. The van der Waals surface area contributed by atoms with Crippen LogP contribution >= 0.6 is 0 Å². The fraction of sp³-hybridized carbons (Fsp3) is 0.467. The van der Waals surface area contributed by atoms with Crippen LogP contribution in [0.5, 0.6) is 0 Å². The lowest BCUT2D eigenvalue weighted by atomic mass is 9.85. The number of carbonyl (C=O) groups excluding carboxylic acids is 1. The van der Waals surface area contributed by atoms with Crippen molar-refractivity contribution in [1.82, 2.24) is 5.32 Å². The summed E-state index contributed by atoms with van der Waals surface area (Å²) in [5, 5.41) is 11.9. The van der Waals surface area contributed by atoms with E-state index in [0.717, 1.165) is 12.1 Å². The van der Waals surface area contributed by atoms with Crippen molar-refractivity contribution >= 4 is 11.9 Å². The molecule has 1 aliphatic rings. The van der Waals surface area contributed by atoms with E-state index in [4.69, 9.17) is 0 Å². The van der Waals surface area contributed by atoms with E-state index in [2.05, 4.69) is 5.32 Å². The summed E-state index contributed by atoms with van der Waals surface area (Å²) in [6, 6.07) is 2.88. The maximum Gasteiger partial charge on any atom is 0.311 e. The Morgan fingerprint density at radius 3 is 2.57 bits per heavy atom. The molecule has 0 bridgehead atoms. The van der Waals surface area contributed by atoms with Crippen molar-refractivity contribution in [3.8, 4) is 0 Å². The van der Waals surface area contributed by atoms with Crippen LogP contribution in [0.15, 0.2) is 18.2 Å². The molecule has 0 spiro atoms. The van der Waals surface area contributed by atoms with Crippen LogP contribution in [-0.2, 0) is 16.0 Å². The van der Waals surface area contributed by atoms with E-state index in [1.54, 1.807) is 6.92 Å². The first-order valence-corrected chi connectivity index (χ1v) is 6.80. The molecule has 1 fully saturated rings. The van der Waals surface area contributed by atoms with Crippen molar-refractivity contribution in [1.29, 1.82) is 0 Å². The third kappa shape index (κ3) is 3.04. The number of hydrogen-bond donors (Lipinski definition) is 2. The smallest absolute Gasteiger partial charge is 0.311 e. The van der Waals surface area contributed by atoms with Crippen LogP contribution in [-0.4, -0.2) is 23.0 Å². The first-order valence-electron chi connectivity index (χ1n) is 6.80. The standard InChI is InChI=1S/C15H17F2NO3/c1-15(14(20)21)7-3-6-12(15)18-13(19)8-9-10(16)4-2-5-11(9)17/h2,4-5,12H,3,6-8H2,1H3,(H,18,19)(H,20,21). The topological polar surface area (TPSA) is 66.4 Å². The Morgan fingerprint density at radius 2 is 2.00 bits per heavy atom. The normalized spacial score (nSPS) is 24.8. The molecule has 2 N–H and O–H groups in total. The van der Waals surface area contributed by atoms with Gasteiger partial charge in [0, 0.05) is 11.6 Å². The summed E-state index contributed by atoms with van der Waals surface area (Å²) >= 11 is 0. The van der Waals surface area contributed by atoms with Crippen LogP contribution in [0.2, 0.25) is 0 Å². The van der Waals surface area contributed by atoms with Gasteiger partial charge in [-0.1, -0.05) is 12.5 Å². The van der Waals surface area contributed by atoms with Gasteiger partial charge in [-0.3, -0.25) is 9.59 Å². The number of rotatable bonds is 4. The molecule has 2 atom stereocenters. The van der Waals surface area contributed by atoms with Crippen molar-refractivity contribution in [2.24, 2.45) is 5.41 Å². The zero-order valence-electron chi connectivity index (χ0n) is 11.7. The first kappa shape index (κ1) is 15.4. The monoisotopic (exact) mass is 297 g/mol. The molecule has 0 radical (unpaired) electrons. The first-order chi connectivity index (χ1) is 9.84. The van der Waals surface area contributed by atoms with E-state index in [-0.39, 0.29) is 5.56 Å². The third-order valence-corrected chi connectivity index (χ3v) is 4.18. The Bertz CT molecular complexity index is 556. The van der Waals surface area contributed by atoms with E-state index < -0.39 is 41.4 Å². The van der Waals surface area contributed by atoms with E-state index in [9.17, 15) is 23.5 Å². The lowest BCUT2D eigenvalue weighted by molar-refractivity contribution is -0.149. The van der Waals surface area contributed by atoms with E-state index in [0.29, 0.717) is 19.3 Å². The lowest BCUT2D eigenvalue weighted by Gasteiger charge is -2.27. The Morgan fingerprint density at radius 1 is 1.38 bits per heavy atom. The fourth-order valence-corrected chi connectivity index (χ4v) is 2.76. The summed E-state index contributed by atoms with van der Waals surface area (Å²) in [6.45, 7) is 1.58. The van der Waals surface area contributed by atoms with E-state index in [1.165, 1.54) is 6.07 Å². The molecule has 114 valence electrons. The summed E-state index contributed by atoms with van der Waals surface area (Å²) < 4.78 is 27.0. The summed E-state index contributed by atoms with van der Waals surface area (Å²) in [4.78, 5) is 23.3. The summed E-state index contributed by atoms with van der Waals surface area (Å²) in [5.74, 6) is -3.10. The second kappa shape index (κ2) is 5.79. The number of carboxylic acids is 1. The van der Waals surface area contributed by atoms with Crippen LogP contribution < -0.4 is 5.32 Å². The van der Waals surface area contributed by atoms with Gasteiger partial charge < -0.3 is 10.4 Å². The SMILES string of the molecule is CC1(C(=O)O)CCCC1NC(=O)Cc1c(F)cccc1F. The number of amides is 1. The van der Waals surface area contributed by atoms with Gasteiger partial charge in [0.1, 0.15) is 11.6 Å². The largest absolute Gasteiger partial charge is 0.481 e. The molecule has 0 heterocycles. The Kier molecular flexibility index (Phi) is 4.25. The highest BCUT2D eigenvalue weighted by Crippen LogP contribution is 2.38. The zero-order chi connectivity index (χ0) is 15.6. The second-order valence-corrected chi connectivity index (χ2v) is 5.61. The van der Waals surface area contributed by atoms with Gasteiger partial charge >= 0.3 is 5.97 Å². The van der Waals surface area contributed by atoms with Gasteiger partial charge in [-0.05, 0) is 31.9 Å². The van der Waals surface area contributed by atoms with Crippen LogP contribution in [0.25, 0.3) is 0 Å². The molecule has 1 saturated carbocycles. The summed E-state index contributed by atoms with van der Waals surface area (Å²) in [6.07, 6.45) is 1.28. The van der Waals surface area contributed by atoms with Crippen molar-refractivity contribution in [2.75, 3.05) is 0 Å². The second-order valence-electron chi connectivity index (χ2n) is 5.61. The molecule has 1 aromatic rings. The number of benzene rings is 1. The van der Waals surface area contributed by atoms with Gasteiger partial charge in [-0.2, -0.15) is 0 Å². The Balaban J connectivity index is 2.07. The minimum atomic E-state index is -1.02. The quantitative estimate of drug-likeness (QED) is 0.896. The molecule has 6 heteroatoms. The molecule has 2 rings (SSSR count). The molecule has 4 nitrogen and oxygen atoms in total. The van der Waals surface area contributed by atoms with Gasteiger partial charge in [0.15, 0.2) is 0 Å². The number of aliphatic carboxylic acids is 1. The predicted octanol–water partition coefficient (Wildman–Crippen LogP) is 2.27. The van der Waals surface area contributed by atoms with Crippen molar-refractivity contribution in [2.45, 2.75) is 38.6 Å². The number of carboxylic acid groups (broad SMARTS) is 1. The molecule has 1 aromatic carbocycles. The van der Waals surface area contributed by atoms with E-state index in [1.807, 2.05) is 0 Å². The van der Waals surface area contributed by atoms with Crippen molar-refractivity contribution < 1.29 is 23.5 Å². The number of carbonyl (C=O) groups is 2. The minimum absolute atomic E-state index is 0.301. The highest BCUT2D eigenvalue weighted by atomic mass is 19.1. The molecule has 0 aromatic heterocycles. The van der Waals surface area contributed by atoms with Gasteiger partial charge in [-0.25, -0.2) is 8.78 Å². The van der Waals surface area contributed by atoms with Gasteiger partial charge in [-0.15, -0.1) is 0 Å². The van der Waals surface area contributed by atoms with Gasteiger partial charge in [0.2, 0.25) is 5.91 Å². The lowest BCUT2D eigenvalue weighted by Crippen LogP contribution is -2.47. The molecule has 21 heavy (non-hydrogen) atoms. The zero-order valence-corrected chi connectivity index (χ0v) is 11.7. The highest BCUT2D eigenvalue weighted by Gasteiger charge is 2.45. The highest BCUT2D eigenvalue weighted by molar-refractivity contribution is 5.81. The molecule has 2 unspecified atom stereocenters. The van der Waals surface area contributed by atoms with Crippen LogP contribution in [0.3, 0.4) is 0 Å². The average molecular weight is 297 g/mol. The van der Waals surface area contributed by atoms with Crippen LogP contribution in [0.1, 0.15) is 31.7 Å². The summed E-state index contributed by atoms with van der Waals surface area (Å²) in [5.41, 5.74) is -1.33. The Hall–Kier alpha value is -1.98.